The summed E-state index contributed by atoms with van der Waals surface area (Å²) in [5, 5.41) is 9.32. The van der Waals surface area contributed by atoms with Crippen LogP contribution >= 0.6 is 11.6 Å². The number of ether oxygens (including phenoxy) is 1. The van der Waals surface area contributed by atoms with Gasteiger partial charge in [0, 0.05) is 10.6 Å². The molecule has 0 radical (unpaired) electrons. The summed E-state index contributed by atoms with van der Waals surface area (Å²) in [6.45, 7) is -0.585. The van der Waals surface area contributed by atoms with Gasteiger partial charge in [0.05, 0.1) is 29.4 Å². The van der Waals surface area contributed by atoms with Crippen molar-refractivity contribution < 1.29 is 27.4 Å². The lowest BCUT2D eigenvalue weighted by Crippen LogP contribution is -2.12. The van der Waals surface area contributed by atoms with Crippen LogP contribution in [0, 0.1) is 5.82 Å². The molecule has 0 unspecified atom stereocenters. The molecule has 0 spiro atoms. The number of halogens is 2. The first-order chi connectivity index (χ1) is 11.8. The summed E-state index contributed by atoms with van der Waals surface area (Å²) in [5.74, 6) is -1.66. The topological polar surface area (TPSA) is 80.7 Å². The minimum atomic E-state index is -3.49. The highest BCUT2D eigenvalue weighted by Gasteiger charge is 2.15. The van der Waals surface area contributed by atoms with E-state index in [1.807, 2.05) is 0 Å². The van der Waals surface area contributed by atoms with E-state index in [1.54, 1.807) is 0 Å². The molecule has 0 saturated heterocycles. The van der Waals surface area contributed by atoms with Gasteiger partial charge < -0.3 is 9.84 Å². The zero-order valence-electron chi connectivity index (χ0n) is 13.1. The van der Waals surface area contributed by atoms with Crippen molar-refractivity contribution in [2.75, 3.05) is 12.4 Å². The van der Waals surface area contributed by atoms with Gasteiger partial charge in [-0.05, 0) is 42.8 Å². The fourth-order valence-corrected chi connectivity index (χ4v) is 3.47. The summed E-state index contributed by atoms with van der Waals surface area (Å²) < 4.78 is 42.7. The van der Waals surface area contributed by atoms with Crippen molar-refractivity contribution in [2.45, 2.75) is 17.9 Å². The number of aliphatic hydroxyl groups is 1. The summed E-state index contributed by atoms with van der Waals surface area (Å²) in [6, 6.07) is 9.39. The Kier molecular flexibility index (Phi) is 6.52. The summed E-state index contributed by atoms with van der Waals surface area (Å²) in [5.41, 5.74) is 0.0702. The minimum Gasteiger partial charge on any atom is -0.462 e. The van der Waals surface area contributed by atoms with E-state index < -0.39 is 28.2 Å². The van der Waals surface area contributed by atoms with Crippen molar-refractivity contribution >= 4 is 27.4 Å². The highest BCUT2D eigenvalue weighted by atomic mass is 35.5. The number of carbonyl (C=O) groups is 1. The Labute approximate surface area is 149 Å². The largest absolute Gasteiger partial charge is 0.462 e. The fourth-order valence-electron chi connectivity index (χ4n) is 2.06. The standard InChI is InChI=1S/C17H16ClFO5S/c18-14-4-6-15(7-5-14)25(22,23)9-1-8-24-17(21)12-2-3-13(11-20)16(19)10-12/h2-7,10,20H,1,8-9,11H2. The van der Waals surface area contributed by atoms with Crippen LogP contribution in [0.3, 0.4) is 0 Å². The molecule has 0 amide bonds. The van der Waals surface area contributed by atoms with Crippen LogP contribution in [-0.4, -0.2) is 31.9 Å². The van der Waals surface area contributed by atoms with E-state index in [4.69, 9.17) is 21.4 Å². The van der Waals surface area contributed by atoms with E-state index in [2.05, 4.69) is 0 Å². The number of carbonyl (C=O) groups excluding carboxylic acids is 1. The normalized spacial score (nSPS) is 11.3. The van der Waals surface area contributed by atoms with Gasteiger partial charge in [-0.3, -0.25) is 0 Å². The van der Waals surface area contributed by atoms with Crippen LogP contribution in [0.2, 0.25) is 5.02 Å². The second kappa shape index (κ2) is 8.42. The smallest absolute Gasteiger partial charge is 0.338 e. The van der Waals surface area contributed by atoms with E-state index in [0.29, 0.717) is 5.02 Å². The molecule has 25 heavy (non-hydrogen) atoms. The molecule has 2 aromatic carbocycles. The molecule has 1 N–H and O–H groups in total. The summed E-state index contributed by atoms with van der Waals surface area (Å²) >= 11 is 5.72. The molecule has 8 heteroatoms. The Balaban J connectivity index is 1.87. The van der Waals surface area contributed by atoms with E-state index in [9.17, 15) is 17.6 Å². The molecule has 0 aliphatic rings. The maximum absolute atomic E-state index is 13.5. The van der Waals surface area contributed by atoms with Crippen LogP contribution in [0.25, 0.3) is 0 Å². The molecule has 2 rings (SSSR count). The van der Waals surface area contributed by atoms with Crippen LogP contribution in [-0.2, 0) is 21.2 Å². The summed E-state index contributed by atoms with van der Waals surface area (Å²) in [7, 11) is -3.49. The first-order valence-corrected chi connectivity index (χ1v) is 9.41. The zero-order valence-corrected chi connectivity index (χ0v) is 14.7. The number of esters is 1. The number of benzene rings is 2. The lowest BCUT2D eigenvalue weighted by Gasteiger charge is -2.07. The molecular weight excluding hydrogens is 371 g/mol. The Morgan fingerprint density at radius 2 is 1.84 bits per heavy atom. The number of hydrogen-bond acceptors (Lipinski definition) is 5. The number of aliphatic hydroxyl groups excluding tert-OH is 1. The maximum atomic E-state index is 13.5. The molecule has 0 heterocycles. The van der Waals surface area contributed by atoms with Gasteiger partial charge in [0.25, 0.3) is 0 Å². The Bertz CT molecular complexity index is 850. The predicted molar refractivity (Wildman–Crippen MR) is 90.7 cm³/mol. The van der Waals surface area contributed by atoms with Gasteiger partial charge in [-0.1, -0.05) is 17.7 Å². The van der Waals surface area contributed by atoms with Gasteiger partial charge in [-0.2, -0.15) is 0 Å². The van der Waals surface area contributed by atoms with E-state index >= 15 is 0 Å². The van der Waals surface area contributed by atoms with Crippen LogP contribution in [0.15, 0.2) is 47.4 Å². The third kappa shape index (κ3) is 5.26. The summed E-state index contributed by atoms with van der Waals surface area (Å²) in [6.07, 6.45) is 0.105. The molecule has 0 bridgehead atoms. The Hall–Kier alpha value is -1.96. The monoisotopic (exact) mass is 386 g/mol. The van der Waals surface area contributed by atoms with Crippen molar-refractivity contribution in [1.29, 1.82) is 0 Å². The molecule has 0 fully saturated rings. The minimum absolute atomic E-state index is 0.00439. The second-order valence-corrected chi connectivity index (χ2v) is 7.77. The Morgan fingerprint density at radius 3 is 2.44 bits per heavy atom. The van der Waals surface area contributed by atoms with Crippen molar-refractivity contribution in [3.05, 3.63) is 64.4 Å². The molecule has 5 nitrogen and oxygen atoms in total. The van der Waals surface area contributed by atoms with Gasteiger partial charge in [-0.15, -0.1) is 0 Å². The van der Waals surface area contributed by atoms with Crippen LogP contribution < -0.4 is 0 Å². The van der Waals surface area contributed by atoms with Gasteiger partial charge in [-0.25, -0.2) is 17.6 Å². The van der Waals surface area contributed by atoms with Crippen LogP contribution in [0.5, 0.6) is 0 Å². The zero-order chi connectivity index (χ0) is 18.4. The lowest BCUT2D eigenvalue weighted by atomic mass is 10.1. The van der Waals surface area contributed by atoms with Crippen molar-refractivity contribution in [3.8, 4) is 0 Å². The molecule has 0 atom stereocenters. The highest BCUT2D eigenvalue weighted by Crippen LogP contribution is 2.16. The number of hydrogen-bond donors (Lipinski definition) is 1. The van der Waals surface area contributed by atoms with E-state index in [0.717, 1.165) is 6.07 Å². The van der Waals surface area contributed by atoms with E-state index in [-0.39, 0.29) is 34.8 Å². The quantitative estimate of drug-likeness (QED) is 0.584. The molecule has 0 saturated carbocycles. The van der Waals surface area contributed by atoms with E-state index in [1.165, 1.54) is 36.4 Å². The second-order valence-electron chi connectivity index (χ2n) is 5.23. The number of sulfone groups is 1. The molecule has 0 aliphatic heterocycles. The lowest BCUT2D eigenvalue weighted by molar-refractivity contribution is 0.0505. The Morgan fingerprint density at radius 1 is 1.16 bits per heavy atom. The average Bonchev–Trinajstić information content (AvgIpc) is 2.59. The molecule has 0 aromatic heterocycles. The molecule has 2 aromatic rings. The van der Waals surface area contributed by atoms with Crippen molar-refractivity contribution in [1.82, 2.24) is 0 Å². The molecule has 0 aliphatic carbocycles. The maximum Gasteiger partial charge on any atom is 0.338 e. The first-order valence-electron chi connectivity index (χ1n) is 7.38. The SMILES string of the molecule is O=C(OCCCS(=O)(=O)c1ccc(Cl)cc1)c1ccc(CO)c(F)c1. The van der Waals surface area contributed by atoms with Crippen molar-refractivity contribution in [3.63, 3.8) is 0 Å². The van der Waals surface area contributed by atoms with Crippen LogP contribution in [0.4, 0.5) is 4.39 Å². The fraction of sp³-hybridized carbons (Fsp3) is 0.235. The average molecular weight is 387 g/mol. The molecule has 134 valence electrons. The van der Waals surface area contributed by atoms with Crippen molar-refractivity contribution in [2.24, 2.45) is 0 Å². The van der Waals surface area contributed by atoms with Gasteiger partial charge in [0.15, 0.2) is 9.84 Å². The molecular formula is C17H16ClFO5S. The third-order valence-corrected chi connectivity index (χ3v) is 5.49. The predicted octanol–water partition coefficient (Wildman–Crippen LogP) is 2.99. The highest BCUT2D eigenvalue weighted by molar-refractivity contribution is 7.91. The first kappa shape index (κ1) is 19.4. The third-order valence-electron chi connectivity index (χ3n) is 3.42. The van der Waals surface area contributed by atoms with Gasteiger partial charge in [0.2, 0.25) is 0 Å². The summed E-state index contributed by atoms with van der Waals surface area (Å²) in [4.78, 5) is 12.0. The van der Waals surface area contributed by atoms with Crippen LogP contribution in [0.1, 0.15) is 22.3 Å². The van der Waals surface area contributed by atoms with Gasteiger partial charge >= 0.3 is 5.97 Å². The number of rotatable bonds is 7. The van der Waals surface area contributed by atoms with Gasteiger partial charge in [0.1, 0.15) is 5.82 Å².